The third-order valence-electron chi connectivity index (χ3n) is 3.58. The molecule has 0 saturated carbocycles. The first-order valence-corrected chi connectivity index (χ1v) is 7.34. The number of primary amides is 1. The Balaban J connectivity index is 2.06. The maximum absolute atomic E-state index is 12.1. The van der Waals surface area contributed by atoms with Crippen molar-refractivity contribution in [1.29, 1.82) is 0 Å². The number of benzene rings is 1. The van der Waals surface area contributed by atoms with E-state index >= 15 is 0 Å². The lowest BCUT2D eigenvalue weighted by atomic mass is 10.1. The van der Waals surface area contributed by atoms with Gasteiger partial charge in [-0.3, -0.25) is 19.4 Å². The van der Waals surface area contributed by atoms with Crippen molar-refractivity contribution >= 4 is 11.8 Å². The summed E-state index contributed by atoms with van der Waals surface area (Å²) in [7, 11) is 0. The Morgan fingerprint density at radius 1 is 1.17 bits per heavy atom. The maximum atomic E-state index is 12.1. The van der Waals surface area contributed by atoms with Crippen LogP contribution in [0.4, 0.5) is 0 Å². The molecule has 0 bridgehead atoms. The molecule has 1 heterocycles. The summed E-state index contributed by atoms with van der Waals surface area (Å²) < 4.78 is 0. The van der Waals surface area contributed by atoms with Crippen LogP contribution in [0.25, 0.3) is 0 Å². The van der Waals surface area contributed by atoms with Crippen molar-refractivity contribution in [3.8, 4) is 0 Å². The molecule has 0 fully saturated rings. The molecule has 0 aliphatic rings. The zero-order valence-electron chi connectivity index (χ0n) is 13.1. The third-order valence-corrected chi connectivity index (χ3v) is 3.58. The van der Waals surface area contributed by atoms with E-state index in [4.69, 9.17) is 5.73 Å². The lowest BCUT2D eigenvalue weighted by molar-refractivity contribution is -0.127. The van der Waals surface area contributed by atoms with E-state index < -0.39 is 29.1 Å². The number of aryl methyl sites for hydroxylation is 1. The molecule has 5 N–H and O–H groups in total. The fraction of sp³-hybridized carbons (Fsp3) is 0.250. The number of nitrogens with one attached hydrogen (secondary N) is 3. The van der Waals surface area contributed by atoms with Crippen molar-refractivity contribution in [2.24, 2.45) is 5.73 Å². The second-order valence-corrected chi connectivity index (χ2v) is 5.33. The van der Waals surface area contributed by atoms with E-state index in [1.54, 1.807) is 37.3 Å². The van der Waals surface area contributed by atoms with E-state index in [0.29, 0.717) is 16.8 Å². The predicted molar refractivity (Wildman–Crippen MR) is 87.3 cm³/mol. The molecule has 0 spiro atoms. The van der Waals surface area contributed by atoms with E-state index in [1.165, 1.54) is 0 Å². The Morgan fingerprint density at radius 2 is 1.83 bits per heavy atom. The molecule has 0 radical (unpaired) electrons. The van der Waals surface area contributed by atoms with Crippen LogP contribution < -0.4 is 22.3 Å². The number of amides is 2. The summed E-state index contributed by atoms with van der Waals surface area (Å²) >= 11 is 0. The molecule has 1 unspecified atom stereocenters. The van der Waals surface area contributed by atoms with Crippen molar-refractivity contribution in [3.63, 3.8) is 0 Å². The van der Waals surface area contributed by atoms with Crippen molar-refractivity contribution in [3.05, 3.63) is 68.0 Å². The summed E-state index contributed by atoms with van der Waals surface area (Å²) in [6, 6.07) is 7.70. The lowest BCUT2D eigenvalue weighted by Crippen LogP contribution is -2.38. The Hall–Kier alpha value is -3.16. The molecule has 2 amide bonds. The average Bonchev–Trinajstić information content (AvgIpc) is 2.52. The lowest BCUT2D eigenvalue weighted by Gasteiger charge is -2.16. The standard InChI is InChI=1S/C16H18N4O4/c1-9-11(15(23)20-16(24)18-9)7-8-12(21)19-13(14(17)22)10-5-3-2-4-6-10/h2-6,13H,7-8H2,1H3,(H2,17,22)(H,19,21)(H2,18,20,23,24). The molecule has 1 aromatic heterocycles. The molecule has 8 nitrogen and oxygen atoms in total. The van der Waals surface area contributed by atoms with Crippen LogP contribution in [0.3, 0.4) is 0 Å². The first-order chi connectivity index (χ1) is 11.4. The van der Waals surface area contributed by atoms with Crippen LogP contribution in [-0.2, 0) is 16.0 Å². The molecular formula is C16H18N4O4. The van der Waals surface area contributed by atoms with Crippen molar-refractivity contribution in [2.45, 2.75) is 25.8 Å². The number of rotatable bonds is 6. The van der Waals surface area contributed by atoms with E-state index in [1.807, 2.05) is 0 Å². The second-order valence-electron chi connectivity index (χ2n) is 5.33. The van der Waals surface area contributed by atoms with Crippen LogP contribution in [0, 0.1) is 6.92 Å². The zero-order chi connectivity index (χ0) is 17.7. The number of carbonyl (C=O) groups is 2. The van der Waals surface area contributed by atoms with Crippen molar-refractivity contribution < 1.29 is 9.59 Å². The molecule has 0 aliphatic carbocycles. The highest BCUT2D eigenvalue weighted by molar-refractivity contribution is 5.87. The van der Waals surface area contributed by atoms with Gasteiger partial charge in [0.05, 0.1) is 0 Å². The average molecular weight is 330 g/mol. The van der Waals surface area contributed by atoms with Gasteiger partial charge in [0.1, 0.15) is 6.04 Å². The maximum Gasteiger partial charge on any atom is 0.325 e. The number of H-pyrrole nitrogens is 2. The van der Waals surface area contributed by atoms with Gasteiger partial charge in [0.25, 0.3) is 5.56 Å². The fourth-order valence-electron chi connectivity index (χ4n) is 2.36. The Labute approximate surface area is 137 Å². The number of aromatic amines is 2. The summed E-state index contributed by atoms with van der Waals surface area (Å²) in [5.74, 6) is -1.10. The van der Waals surface area contributed by atoms with Crippen LogP contribution in [0.2, 0.25) is 0 Å². The minimum absolute atomic E-state index is 0.0213. The van der Waals surface area contributed by atoms with Crippen molar-refractivity contribution in [2.75, 3.05) is 0 Å². The minimum atomic E-state index is -0.936. The quantitative estimate of drug-likeness (QED) is 0.575. The molecule has 126 valence electrons. The molecule has 1 atom stereocenters. The highest BCUT2D eigenvalue weighted by Crippen LogP contribution is 2.12. The molecule has 2 rings (SSSR count). The van der Waals surface area contributed by atoms with Gasteiger partial charge >= 0.3 is 5.69 Å². The number of hydrogen-bond donors (Lipinski definition) is 4. The molecule has 24 heavy (non-hydrogen) atoms. The Bertz CT molecular complexity index is 854. The van der Waals surface area contributed by atoms with Crippen LogP contribution in [0.1, 0.15) is 29.3 Å². The highest BCUT2D eigenvalue weighted by Gasteiger charge is 2.20. The number of nitrogens with two attached hydrogens (primary N) is 1. The number of hydrogen-bond acceptors (Lipinski definition) is 4. The van der Waals surface area contributed by atoms with Gasteiger partial charge in [-0.15, -0.1) is 0 Å². The minimum Gasteiger partial charge on any atom is -0.368 e. The SMILES string of the molecule is Cc1[nH]c(=O)[nH]c(=O)c1CCC(=O)NC(C(N)=O)c1ccccc1. The first-order valence-electron chi connectivity index (χ1n) is 7.34. The summed E-state index contributed by atoms with van der Waals surface area (Å²) in [4.78, 5) is 51.1. The van der Waals surface area contributed by atoms with Crippen molar-refractivity contribution in [1.82, 2.24) is 15.3 Å². The fourth-order valence-corrected chi connectivity index (χ4v) is 2.36. The summed E-state index contributed by atoms with van der Waals surface area (Å²) in [5.41, 5.74) is 5.53. The van der Waals surface area contributed by atoms with E-state index in [-0.39, 0.29) is 12.8 Å². The molecule has 2 aromatic rings. The number of carbonyl (C=O) groups excluding carboxylic acids is 2. The van der Waals surface area contributed by atoms with E-state index in [0.717, 1.165) is 0 Å². The Morgan fingerprint density at radius 3 is 2.42 bits per heavy atom. The van der Waals surface area contributed by atoms with E-state index in [2.05, 4.69) is 15.3 Å². The first kappa shape index (κ1) is 17.2. The van der Waals surface area contributed by atoms with Crippen LogP contribution in [0.15, 0.2) is 39.9 Å². The monoisotopic (exact) mass is 330 g/mol. The third kappa shape index (κ3) is 4.19. The molecule has 0 aliphatic heterocycles. The van der Waals surface area contributed by atoms with Gasteiger partial charge in [0.2, 0.25) is 11.8 Å². The molecule has 0 saturated heterocycles. The second kappa shape index (κ2) is 7.40. The zero-order valence-corrected chi connectivity index (χ0v) is 13.1. The summed E-state index contributed by atoms with van der Waals surface area (Å²) in [6.45, 7) is 1.58. The van der Waals surface area contributed by atoms with Gasteiger partial charge in [-0.25, -0.2) is 4.79 Å². The van der Waals surface area contributed by atoms with Gasteiger partial charge in [-0.05, 0) is 18.9 Å². The highest BCUT2D eigenvalue weighted by atomic mass is 16.2. The van der Waals surface area contributed by atoms with Crippen LogP contribution in [-0.4, -0.2) is 21.8 Å². The molecular weight excluding hydrogens is 312 g/mol. The smallest absolute Gasteiger partial charge is 0.325 e. The number of aromatic nitrogens is 2. The Kier molecular flexibility index (Phi) is 5.31. The van der Waals surface area contributed by atoms with Crippen LogP contribution in [0.5, 0.6) is 0 Å². The topological polar surface area (TPSA) is 138 Å². The largest absolute Gasteiger partial charge is 0.368 e. The van der Waals surface area contributed by atoms with Gasteiger partial charge < -0.3 is 16.0 Å². The summed E-state index contributed by atoms with van der Waals surface area (Å²) in [6.07, 6.45) is 0.108. The van der Waals surface area contributed by atoms with Gasteiger partial charge in [0.15, 0.2) is 0 Å². The van der Waals surface area contributed by atoms with Gasteiger partial charge in [-0.2, -0.15) is 0 Å². The van der Waals surface area contributed by atoms with Gasteiger partial charge in [-0.1, -0.05) is 30.3 Å². The normalized spacial score (nSPS) is 11.7. The van der Waals surface area contributed by atoms with Gasteiger partial charge in [0, 0.05) is 17.7 Å². The molecule has 1 aromatic carbocycles. The molecule has 8 heteroatoms. The van der Waals surface area contributed by atoms with E-state index in [9.17, 15) is 19.2 Å². The van der Waals surface area contributed by atoms with Crippen LogP contribution >= 0.6 is 0 Å². The predicted octanol–water partition coefficient (Wildman–Crippen LogP) is -0.353. The summed E-state index contributed by atoms with van der Waals surface area (Å²) in [5, 5.41) is 2.56.